The molecule has 1 aliphatic carbocycles. The monoisotopic (exact) mass is 199 g/mol. The Morgan fingerprint density at radius 1 is 1.43 bits per heavy atom. The molecule has 0 aromatic rings. The quantitative estimate of drug-likeness (QED) is 0.680. The molecule has 1 aliphatic rings. The summed E-state index contributed by atoms with van der Waals surface area (Å²) in [6.45, 7) is 4.58. The van der Waals surface area contributed by atoms with Gasteiger partial charge >= 0.3 is 0 Å². The molecule has 1 saturated carbocycles. The summed E-state index contributed by atoms with van der Waals surface area (Å²) in [5.74, 6) is 1.62. The van der Waals surface area contributed by atoms with Crippen molar-refractivity contribution in [1.29, 1.82) is 0 Å². The molecule has 0 amide bonds. The van der Waals surface area contributed by atoms with E-state index in [0.717, 1.165) is 11.8 Å². The first-order valence-electron chi connectivity index (χ1n) is 5.92. The molecule has 0 saturated heterocycles. The van der Waals surface area contributed by atoms with Crippen molar-refractivity contribution in [2.75, 3.05) is 14.2 Å². The van der Waals surface area contributed by atoms with Crippen LogP contribution in [0.3, 0.4) is 0 Å². The Hall–Kier alpha value is -0.0800. The third-order valence-corrected chi connectivity index (χ3v) is 3.48. The maximum absolute atomic E-state index is 5.61. The van der Waals surface area contributed by atoms with Crippen LogP contribution in [-0.4, -0.2) is 26.3 Å². The molecule has 14 heavy (non-hydrogen) atoms. The molecular weight excluding hydrogens is 174 g/mol. The maximum Gasteiger partial charge on any atom is 0.0752 e. The number of hydrogen-bond acceptors (Lipinski definition) is 2. The summed E-state index contributed by atoms with van der Waals surface area (Å²) < 4.78 is 5.61. The Labute approximate surface area is 88.4 Å². The number of likely N-dealkylation sites (N-methyl/N-ethyl adjacent to an activating group) is 1. The Kier molecular flexibility index (Phi) is 4.90. The van der Waals surface area contributed by atoms with Crippen LogP contribution >= 0.6 is 0 Å². The fraction of sp³-hybridized carbons (Fsp3) is 1.00. The zero-order valence-electron chi connectivity index (χ0n) is 10.0. The van der Waals surface area contributed by atoms with Gasteiger partial charge in [0.15, 0.2) is 0 Å². The fourth-order valence-corrected chi connectivity index (χ4v) is 2.13. The molecule has 0 aromatic heterocycles. The van der Waals surface area contributed by atoms with E-state index in [-0.39, 0.29) is 0 Å². The molecule has 0 heterocycles. The van der Waals surface area contributed by atoms with Crippen molar-refractivity contribution in [3.05, 3.63) is 0 Å². The highest BCUT2D eigenvalue weighted by Gasteiger charge is 2.36. The van der Waals surface area contributed by atoms with Crippen LogP contribution in [0.4, 0.5) is 0 Å². The van der Waals surface area contributed by atoms with Gasteiger partial charge in [0, 0.05) is 13.2 Å². The van der Waals surface area contributed by atoms with Crippen LogP contribution in [0.25, 0.3) is 0 Å². The normalized spacial score (nSPS) is 23.1. The molecule has 0 bridgehead atoms. The van der Waals surface area contributed by atoms with E-state index in [9.17, 15) is 0 Å². The van der Waals surface area contributed by atoms with Crippen LogP contribution in [0.15, 0.2) is 0 Å². The predicted molar refractivity (Wildman–Crippen MR) is 60.4 cm³/mol. The van der Waals surface area contributed by atoms with Crippen molar-refractivity contribution < 1.29 is 4.74 Å². The fourth-order valence-electron chi connectivity index (χ4n) is 2.13. The van der Waals surface area contributed by atoms with Crippen LogP contribution < -0.4 is 5.32 Å². The molecule has 3 unspecified atom stereocenters. The SMILES string of the molecule is CCC(C)CC(NC)C(OC)C1CC1. The van der Waals surface area contributed by atoms with Gasteiger partial charge in [0.1, 0.15) is 0 Å². The van der Waals surface area contributed by atoms with Crippen molar-refractivity contribution in [1.82, 2.24) is 5.32 Å². The molecule has 0 spiro atoms. The van der Waals surface area contributed by atoms with Crippen molar-refractivity contribution in [2.45, 2.75) is 51.7 Å². The van der Waals surface area contributed by atoms with Gasteiger partial charge in [0.2, 0.25) is 0 Å². The van der Waals surface area contributed by atoms with Gasteiger partial charge in [-0.05, 0) is 38.1 Å². The van der Waals surface area contributed by atoms with E-state index in [2.05, 4.69) is 26.2 Å². The highest BCUT2D eigenvalue weighted by atomic mass is 16.5. The van der Waals surface area contributed by atoms with Crippen LogP contribution in [0.5, 0.6) is 0 Å². The molecule has 1 fully saturated rings. The van der Waals surface area contributed by atoms with Gasteiger partial charge in [-0.1, -0.05) is 20.3 Å². The molecule has 0 aliphatic heterocycles. The lowest BCUT2D eigenvalue weighted by Gasteiger charge is -2.27. The first-order valence-corrected chi connectivity index (χ1v) is 5.92. The van der Waals surface area contributed by atoms with Crippen molar-refractivity contribution in [3.63, 3.8) is 0 Å². The van der Waals surface area contributed by atoms with Gasteiger partial charge in [-0.25, -0.2) is 0 Å². The van der Waals surface area contributed by atoms with Crippen molar-refractivity contribution in [3.8, 4) is 0 Å². The van der Waals surface area contributed by atoms with E-state index in [0.29, 0.717) is 12.1 Å². The van der Waals surface area contributed by atoms with Gasteiger partial charge in [0.05, 0.1) is 6.10 Å². The van der Waals surface area contributed by atoms with Crippen molar-refractivity contribution >= 4 is 0 Å². The van der Waals surface area contributed by atoms with Crippen LogP contribution in [0.1, 0.15) is 39.5 Å². The maximum atomic E-state index is 5.61. The molecule has 1 rings (SSSR count). The van der Waals surface area contributed by atoms with Gasteiger partial charge < -0.3 is 10.1 Å². The second-order valence-electron chi connectivity index (χ2n) is 4.68. The largest absolute Gasteiger partial charge is 0.380 e. The summed E-state index contributed by atoms with van der Waals surface area (Å²) in [6.07, 6.45) is 5.66. The molecule has 2 heteroatoms. The first-order chi connectivity index (χ1) is 6.72. The topological polar surface area (TPSA) is 21.3 Å². The van der Waals surface area contributed by atoms with Gasteiger partial charge in [-0.15, -0.1) is 0 Å². The molecule has 3 atom stereocenters. The lowest BCUT2D eigenvalue weighted by Crippen LogP contribution is -2.41. The molecule has 1 N–H and O–H groups in total. The smallest absolute Gasteiger partial charge is 0.0752 e. The van der Waals surface area contributed by atoms with Gasteiger partial charge in [-0.3, -0.25) is 0 Å². The van der Waals surface area contributed by atoms with E-state index in [1.165, 1.54) is 25.7 Å². The summed E-state index contributed by atoms with van der Waals surface area (Å²) in [6, 6.07) is 0.544. The van der Waals surface area contributed by atoms with Crippen molar-refractivity contribution in [2.24, 2.45) is 11.8 Å². The average Bonchev–Trinajstić information content (AvgIpc) is 3.01. The summed E-state index contributed by atoms with van der Waals surface area (Å²) >= 11 is 0. The second-order valence-corrected chi connectivity index (χ2v) is 4.68. The summed E-state index contributed by atoms with van der Waals surface area (Å²) in [5, 5.41) is 3.41. The molecular formula is C12H25NO. The summed E-state index contributed by atoms with van der Waals surface area (Å²) in [7, 11) is 3.91. The molecule has 0 aromatic carbocycles. The lowest BCUT2D eigenvalue weighted by atomic mass is 9.94. The van der Waals surface area contributed by atoms with Crippen LogP contribution in [0, 0.1) is 11.8 Å². The van der Waals surface area contributed by atoms with E-state index < -0.39 is 0 Å². The Balaban J connectivity index is 2.41. The average molecular weight is 199 g/mol. The molecule has 84 valence electrons. The minimum atomic E-state index is 0.439. The third-order valence-electron chi connectivity index (χ3n) is 3.48. The predicted octanol–water partition coefficient (Wildman–Crippen LogP) is 2.44. The standard InChI is InChI=1S/C12H25NO/c1-5-9(2)8-11(13-3)12(14-4)10-6-7-10/h9-13H,5-8H2,1-4H3. The Morgan fingerprint density at radius 3 is 2.43 bits per heavy atom. The summed E-state index contributed by atoms with van der Waals surface area (Å²) in [4.78, 5) is 0. The number of ether oxygens (including phenoxy) is 1. The zero-order chi connectivity index (χ0) is 10.6. The summed E-state index contributed by atoms with van der Waals surface area (Å²) in [5.41, 5.74) is 0. The van der Waals surface area contributed by atoms with E-state index in [1.54, 1.807) is 0 Å². The van der Waals surface area contributed by atoms with Gasteiger partial charge in [-0.2, -0.15) is 0 Å². The number of nitrogens with one attached hydrogen (secondary N) is 1. The highest BCUT2D eigenvalue weighted by Crippen LogP contribution is 2.36. The third kappa shape index (κ3) is 3.25. The Morgan fingerprint density at radius 2 is 2.07 bits per heavy atom. The van der Waals surface area contributed by atoms with E-state index in [4.69, 9.17) is 4.74 Å². The molecule has 2 nitrogen and oxygen atoms in total. The highest BCUT2D eigenvalue weighted by molar-refractivity contribution is 4.90. The minimum Gasteiger partial charge on any atom is -0.380 e. The van der Waals surface area contributed by atoms with E-state index >= 15 is 0 Å². The minimum absolute atomic E-state index is 0.439. The van der Waals surface area contributed by atoms with Crippen LogP contribution in [0.2, 0.25) is 0 Å². The lowest BCUT2D eigenvalue weighted by molar-refractivity contribution is 0.0460. The Bertz CT molecular complexity index is 156. The van der Waals surface area contributed by atoms with E-state index in [1.807, 2.05) is 7.11 Å². The molecule has 0 radical (unpaired) electrons. The number of rotatable bonds is 7. The van der Waals surface area contributed by atoms with Crippen LogP contribution in [-0.2, 0) is 4.74 Å². The van der Waals surface area contributed by atoms with Gasteiger partial charge in [0.25, 0.3) is 0 Å². The zero-order valence-corrected chi connectivity index (χ0v) is 10.0. The number of hydrogen-bond donors (Lipinski definition) is 1. The first kappa shape index (κ1) is 12.0. The number of methoxy groups -OCH3 is 1. The second kappa shape index (κ2) is 5.72.